The number of hydrogen-bond donors (Lipinski definition) is 2. The summed E-state index contributed by atoms with van der Waals surface area (Å²) < 4.78 is 1.75. The topological polar surface area (TPSA) is 67.2 Å². The second kappa shape index (κ2) is 5.93. The maximum atomic E-state index is 12.2. The molecule has 1 heterocycles. The van der Waals surface area contributed by atoms with E-state index in [1.165, 1.54) is 6.20 Å². The molecule has 0 aliphatic carbocycles. The smallest absolute Gasteiger partial charge is 0.254 e. The van der Waals surface area contributed by atoms with E-state index < -0.39 is 5.60 Å². The number of nitrogens with zero attached hydrogens (tertiary/aromatic N) is 2. The number of hydrogen-bond acceptors (Lipinski definition) is 3. The van der Waals surface area contributed by atoms with Gasteiger partial charge >= 0.3 is 0 Å². The molecule has 1 amide bonds. The van der Waals surface area contributed by atoms with Crippen molar-refractivity contribution in [3.63, 3.8) is 0 Å². The minimum Gasteiger partial charge on any atom is -0.384 e. The predicted molar refractivity (Wildman–Crippen MR) is 85.6 cm³/mol. The lowest BCUT2D eigenvalue weighted by Gasteiger charge is -2.24. The van der Waals surface area contributed by atoms with Crippen LogP contribution in [0.5, 0.6) is 0 Å². The number of carbonyl (C=O) groups is 1. The molecule has 2 N–H and O–H groups in total. The number of amides is 1. The molecule has 0 aliphatic rings. The SMILES string of the molecule is CC(O)(CNC(=O)c1cnn(C(C)(C)C)c1)c1ccccc1. The molecule has 0 radical (unpaired) electrons. The standard InChI is InChI=1S/C17H23N3O2/c1-16(2,3)20-11-13(10-19-20)15(21)18-12-17(4,22)14-8-6-5-7-9-14/h5-11,22H,12H2,1-4H3,(H,18,21). The summed E-state index contributed by atoms with van der Waals surface area (Å²) >= 11 is 0. The van der Waals surface area contributed by atoms with Gasteiger partial charge in [-0.3, -0.25) is 9.48 Å². The van der Waals surface area contributed by atoms with Crippen molar-refractivity contribution in [2.75, 3.05) is 6.54 Å². The Morgan fingerprint density at radius 3 is 2.41 bits per heavy atom. The van der Waals surface area contributed by atoms with Crippen LogP contribution < -0.4 is 5.32 Å². The number of carbonyl (C=O) groups excluding carboxylic acids is 1. The molecule has 1 aromatic heterocycles. The van der Waals surface area contributed by atoms with Gasteiger partial charge in [-0.05, 0) is 33.3 Å². The van der Waals surface area contributed by atoms with Crippen LogP contribution in [-0.4, -0.2) is 27.3 Å². The fraction of sp³-hybridized carbons (Fsp3) is 0.412. The molecular formula is C17H23N3O2. The minimum atomic E-state index is -1.11. The van der Waals surface area contributed by atoms with Crippen molar-refractivity contribution in [3.8, 4) is 0 Å². The van der Waals surface area contributed by atoms with Gasteiger partial charge in [-0.2, -0.15) is 5.10 Å². The lowest BCUT2D eigenvalue weighted by atomic mass is 9.96. The van der Waals surface area contributed by atoms with Crippen molar-refractivity contribution >= 4 is 5.91 Å². The number of rotatable bonds is 4. The highest BCUT2D eigenvalue weighted by Crippen LogP contribution is 2.19. The molecule has 2 aromatic rings. The van der Waals surface area contributed by atoms with E-state index in [-0.39, 0.29) is 18.0 Å². The first-order chi connectivity index (χ1) is 10.2. The largest absolute Gasteiger partial charge is 0.384 e. The van der Waals surface area contributed by atoms with Gasteiger partial charge in [-0.1, -0.05) is 30.3 Å². The quantitative estimate of drug-likeness (QED) is 0.910. The van der Waals surface area contributed by atoms with Crippen LogP contribution in [0.1, 0.15) is 43.6 Å². The summed E-state index contributed by atoms with van der Waals surface area (Å²) in [4.78, 5) is 12.2. The fourth-order valence-electron chi connectivity index (χ4n) is 2.06. The molecule has 1 aromatic carbocycles. The van der Waals surface area contributed by atoms with Gasteiger partial charge in [-0.15, -0.1) is 0 Å². The Morgan fingerprint density at radius 1 is 1.23 bits per heavy atom. The van der Waals surface area contributed by atoms with E-state index in [1.54, 1.807) is 17.8 Å². The average molecular weight is 301 g/mol. The molecule has 5 nitrogen and oxygen atoms in total. The first-order valence-electron chi connectivity index (χ1n) is 7.31. The van der Waals surface area contributed by atoms with Crippen molar-refractivity contribution in [2.45, 2.75) is 38.8 Å². The average Bonchev–Trinajstić information content (AvgIpc) is 2.96. The summed E-state index contributed by atoms with van der Waals surface area (Å²) in [5.41, 5.74) is -0.0372. The highest BCUT2D eigenvalue weighted by molar-refractivity contribution is 5.93. The summed E-state index contributed by atoms with van der Waals surface area (Å²) in [6, 6.07) is 9.28. The fourth-order valence-corrected chi connectivity index (χ4v) is 2.06. The summed E-state index contributed by atoms with van der Waals surface area (Å²) in [5, 5.41) is 17.4. The molecule has 1 atom stereocenters. The molecule has 2 rings (SSSR count). The van der Waals surface area contributed by atoms with Crippen LogP contribution in [0.3, 0.4) is 0 Å². The van der Waals surface area contributed by atoms with Gasteiger partial charge in [0, 0.05) is 6.20 Å². The number of benzene rings is 1. The Kier molecular flexibility index (Phi) is 4.37. The van der Waals surface area contributed by atoms with Gasteiger partial charge in [0.2, 0.25) is 0 Å². The zero-order valence-electron chi connectivity index (χ0n) is 13.5. The second-order valence-electron chi connectivity index (χ2n) is 6.67. The first kappa shape index (κ1) is 16.2. The third kappa shape index (κ3) is 3.74. The Morgan fingerprint density at radius 2 is 1.86 bits per heavy atom. The van der Waals surface area contributed by atoms with Crippen LogP contribution in [0.2, 0.25) is 0 Å². The van der Waals surface area contributed by atoms with Gasteiger partial charge in [-0.25, -0.2) is 0 Å². The van der Waals surface area contributed by atoms with E-state index in [9.17, 15) is 9.90 Å². The number of aliphatic hydroxyl groups is 1. The van der Waals surface area contributed by atoms with E-state index >= 15 is 0 Å². The molecule has 0 saturated carbocycles. The predicted octanol–water partition coefficient (Wildman–Crippen LogP) is 2.28. The normalized spacial score (nSPS) is 14.4. The van der Waals surface area contributed by atoms with E-state index in [4.69, 9.17) is 0 Å². The highest BCUT2D eigenvalue weighted by Gasteiger charge is 2.24. The van der Waals surface area contributed by atoms with E-state index in [1.807, 2.05) is 51.1 Å². The van der Waals surface area contributed by atoms with Gasteiger partial charge in [0.15, 0.2) is 0 Å². The van der Waals surface area contributed by atoms with E-state index in [0.29, 0.717) is 5.56 Å². The van der Waals surface area contributed by atoms with Crippen LogP contribution >= 0.6 is 0 Å². The Hall–Kier alpha value is -2.14. The maximum absolute atomic E-state index is 12.2. The summed E-state index contributed by atoms with van der Waals surface area (Å²) in [5.74, 6) is -0.244. The van der Waals surface area contributed by atoms with E-state index in [2.05, 4.69) is 10.4 Å². The summed E-state index contributed by atoms with van der Waals surface area (Å²) in [7, 11) is 0. The van der Waals surface area contributed by atoms with Crippen molar-refractivity contribution < 1.29 is 9.90 Å². The molecular weight excluding hydrogens is 278 g/mol. The third-order valence-corrected chi connectivity index (χ3v) is 3.52. The zero-order valence-corrected chi connectivity index (χ0v) is 13.5. The summed E-state index contributed by atoms with van der Waals surface area (Å²) in [6.07, 6.45) is 3.25. The molecule has 0 aliphatic heterocycles. The van der Waals surface area contributed by atoms with Gasteiger partial charge < -0.3 is 10.4 Å². The van der Waals surface area contributed by atoms with Gasteiger partial charge in [0.05, 0.1) is 23.8 Å². The number of aromatic nitrogens is 2. The van der Waals surface area contributed by atoms with Crippen molar-refractivity contribution in [3.05, 3.63) is 53.9 Å². The van der Waals surface area contributed by atoms with Crippen LogP contribution in [0.4, 0.5) is 0 Å². The molecule has 22 heavy (non-hydrogen) atoms. The molecule has 0 spiro atoms. The molecule has 0 bridgehead atoms. The Balaban J connectivity index is 2.02. The third-order valence-electron chi connectivity index (χ3n) is 3.52. The number of nitrogens with one attached hydrogen (secondary N) is 1. The second-order valence-corrected chi connectivity index (χ2v) is 6.67. The van der Waals surface area contributed by atoms with Crippen molar-refractivity contribution in [2.24, 2.45) is 0 Å². The maximum Gasteiger partial charge on any atom is 0.254 e. The van der Waals surface area contributed by atoms with E-state index in [0.717, 1.165) is 5.56 Å². The lowest BCUT2D eigenvalue weighted by molar-refractivity contribution is 0.0526. The van der Waals surface area contributed by atoms with Crippen LogP contribution in [0.25, 0.3) is 0 Å². The summed E-state index contributed by atoms with van der Waals surface area (Å²) in [6.45, 7) is 7.86. The zero-order chi connectivity index (χ0) is 16.4. The molecule has 118 valence electrons. The monoisotopic (exact) mass is 301 g/mol. The van der Waals surface area contributed by atoms with Crippen LogP contribution in [-0.2, 0) is 11.1 Å². The molecule has 1 unspecified atom stereocenters. The van der Waals surface area contributed by atoms with Gasteiger partial charge in [0.25, 0.3) is 5.91 Å². The van der Waals surface area contributed by atoms with Gasteiger partial charge in [0.1, 0.15) is 5.60 Å². The Bertz CT molecular complexity index is 639. The lowest BCUT2D eigenvalue weighted by Crippen LogP contribution is -2.38. The van der Waals surface area contributed by atoms with Crippen molar-refractivity contribution in [1.29, 1.82) is 0 Å². The molecule has 5 heteroatoms. The Labute approximate surface area is 131 Å². The minimum absolute atomic E-state index is 0.135. The molecule has 0 saturated heterocycles. The van der Waals surface area contributed by atoms with Crippen LogP contribution in [0, 0.1) is 0 Å². The highest BCUT2D eigenvalue weighted by atomic mass is 16.3. The first-order valence-corrected chi connectivity index (χ1v) is 7.31. The van der Waals surface area contributed by atoms with Crippen LogP contribution in [0.15, 0.2) is 42.7 Å². The molecule has 0 fully saturated rings. The van der Waals surface area contributed by atoms with Crippen molar-refractivity contribution in [1.82, 2.24) is 15.1 Å².